The minimum atomic E-state index is -1.03. The number of H-pyrrole nitrogens is 1. The summed E-state index contributed by atoms with van der Waals surface area (Å²) in [6.45, 7) is 2.24. The zero-order valence-corrected chi connectivity index (χ0v) is 20.7. The molecule has 6 rings (SSSR count). The molecular formula is C29H26N5O4+. The zero-order chi connectivity index (χ0) is 26.4. The number of aromatic nitrogens is 4. The Bertz CT molecular complexity index is 1670. The Hall–Kier alpha value is -4.63. The van der Waals surface area contributed by atoms with Crippen LogP contribution >= 0.6 is 0 Å². The van der Waals surface area contributed by atoms with Gasteiger partial charge in [-0.2, -0.15) is 19.2 Å². The van der Waals surface area contributed by atoms with Gasteiger partial charge in [0.1, 0.15) is 11.9 Å². The molecule has 2 atom stereocenters. The molecule has 2 aliphatic rings. The van der Waals surface area contributed by atoms with Gasteiger partial charge in [0, 0.05) is 42.8 Å². The fourth-order valence-corrected chi connectivity index (χ4v) is 5.80. The molecule has 0 spiro atoms. The van der Waals surface area contributed by atoms with Crippen LogP contribution in [0.3, 0.4) is 0 Å². The minimum absolute atomic E-state index is 0.119. The first kappa shape index (κ1) is 23.7. The number of quaternary nitrogens is 1. The van der Waals surface area contributed by atoms with E-state index < -0.39 is 27.7 Å². The number of aromatic amines is 1. The molecule has 9 nitrogen and oxygen atoms in total. The van der Waals surface area contributed by atoms with Gasteiger partial charge in [0.25, 0.3) is 5.56 Å². The third-order valence-corrected chi connectivity index (χ3v) is 7.80. The van der Waals surface area contributed by atoms with Gasteiger partial charge in [0.2, 0.25) is 0 Å². The fourth-order valence-electron chi connectivity index (χ4n) is 5.80. The summed E-state index contributed by atoms with van der Waals surface area (Å²) in [6.07, 6.45) is 7.48. The lowest BCUT2D eigenvalue weighted by Crippen LogP contribution is -2.56. The monoisotopic (exact) mass is 508 g/mol. The van der Waals surface area contributed by atoms with Crippen molar-refractivity contribution in [2.75, 3.05) is 6.54 Å². The largest absolute Gasteiger partial charge is 0.521 e. The molecule has 0 radical (unpaired) electrons. The summed E-state index contributed by atoms with van der Waals surface area (Å²) < 4.78 is 0.873. The van der Waals surface area contributed by atoms with Gasteiger partial charge in [0.15, 0.2) is 0 Å². The first-order chi connectivity index (χ1) is 18.4. The number of nitrogens with zero attached hydrogens (tertiary/aromatic N) is 4. The summed E-state index contributed by atoms with van der Waals surface area (Å²) in [5.74, 6) is -0.122. The van der Waals surface area contributed by atoms with E-state index in [1.54, 1.807) is 6.07 Å². The predicted octanol–water partition coefficient (Wildman–Crippen LogP) is 4.15. The van der Waals surface area contributed by atoms with Crippen LogP contribution in [0.25, 0.3) is 18.0 Å². The van der Waals surface area contributed by atoms with Gasteiger partial charge in [0.05, 0.1) is 6.54 Å². The van der Waals surface area contributed by atoms with Crippen molar-refractivity contribution in [3.05, 3.63) is 116 Å². The van der Waals surface area contributed by atoms with E-state index in [1.807, 2.05) is 67.6 Å². The molecule has 2 aromatic heterocycles. The number of amides is 1. The van der Waals surface area contributed by atoms with Crippen LogP contribution in [-0.2, 0) is 0 Å². The van der Waals surface area contributed by atoms with E-state index in [-0.39, 0.29) is 17.8 Å². The molecule has 9 heteroatoms. The Balaban J connectivity index is 1.55. The first-order valence-corrected chi connectivity index (χ1v) is 12.6. The highest BCUT2D eigenvalue weighted by atomic mass is 16.4. The predicted molar refractivity (Wildman–Crippen MR) is 144 cm³/mol. The summed E-state index contributed by atoms with van der Waals surface area (Å²) >= 11 is 0. The van der Waals surface area contributed by atoms with Gasteiger partial charge in [-0.25, -0.2) is 4.79 Å². The molecular weight excluding hydrogens is 482 g/mol. The van der Waals surface area contributed by atoms with Gasteiger partial charge in [-0.3, -0.25) is 14.3 Å². The Morgan fingerprint density at radius 1 is 1.00 bits per heavy atom. The van der Waals surface area contributed by atoms with E-state index >= 15 is 0 Å². The fraction of sp³-hybridized carbons (Fsp3) is 0.207. The average Bonchev–Trinajstić information content (AvgIpc) is 3.24. The number of fused-ring (bicyclic) bond motifs is 2. The van der Waals surface area contributed by atoms with Gasteiger partial charge in [-0.1, -0.05) is 60.7 Å². The lowest BCUT2D eigenvalue weighted by molar-refractivity contribution is 0.141. The van der Waals surface area contributed by atoms with E-state index in [2.05, 4.69) is 15.0 Å². The molecule has 1 unspecified atom stereocenters. The molecule has 1 aliphatic carbocycles. The molecule has 0 saturated carbocycles. The highest BCUT2D eigenvalue weighted by molar-refractivity contribution is 5.80. The lowest BCUT2D eigenvalue weighted by Gasteiger charge is -2.29. The van der Waals surface area contributed by atoms with Crippen LogP contribution in [-0.4, -0.2) is 43.3 Å². The summed E-state index contributed by atoms with van der Waals surface area (Å²) in [5.41, 5.74) is 3.07. The van der Waals surface area contributed by atoms with E-state index in [0.29, 0.717) is 12.1 Å². The highest BCUT2D eigenvalue weighted by Crippen LogP contribution is 2.38. The molecule has 1 aliphatic heterocycles. The number of carboxylic acid groups (broad SMARTS) is 1. The standard InChI is InChI=1S/C29H25N5O4/c1-18-7-6-16-34(18,29(37)38)27-30-15-14-24(31-27)33-17-23(26(35)32-28(33)36)25-21-10-4-2-8-19(21)12-13-20-9-3-5-11-22(20)25/h2-5,8-15,17-18,25H,6-7,16H2,1H3,(H-,32,35,36,37,38)/p+1/t18-,34?/m1/s1. The number of hydrogen-bond donors (Lipinski definition) is 2. The van der Waals surface area contributed by atoms with Crippen LogP contribution in [0, 0.1) is 0 Å². The van der Waals surface area contributed by atoms with Gasteiger partial charge >= 0.3 is 17.7 Å². The van der Waals surface area contributed by atoms with Crippen LogP contribution in [0.4, 0.5) is 10.7 Å². The van der Waals surface area contributed by atoms with E-state index in [0.717, 1.165) is 35.1 Å². The van der Waals surface area contributed by atoms with Crippen molar-refractivity contribution in [1.82, 2.24) is 24.0 Å². The Kier molecular flexibility index (Phi) is 5.65. The quantitative estimate of drug-likeness (QED) is 0.354. The zero-order valence-electron chi connectivity index (χ0n) is 20.7. The maximum Gasteiger partial charge on any atom is 0.521 e. The van der Waals surface area contributed by atoms with E-state index in [9.17, 15) is 19.5 Å². The van der Waals surface area contributed by atoms with Gasteiger partial charge in [-0.05, 0) is 29.2 Å². The highest BCUT2D eigenvalue weighted by Gasteiger charge is 2.51. The molecule has 190 valence electrons. The third kappa shape index (κ3) is 3.62. The van der Waals surface area contributed by atoms with Crippen molar-refractivity contribution >= 4 is 24.2 Å². The summed E-state index contributed by atoms with van der Waals surface area (Å²) in [6, 6.07) is 17.1. The molecule has 2 N–H and O–H groups in total. The summed E-state index contributed by atoms with van der Waals surface area (Å²) in [5, 5.41) is 10.1. The Morgan fingerprint density at radius 3 is 2.26 bits per heavy atom. The van der Waals surface area contributed by atoms with Crippen LogP contribution in [0.5, 0.6) is 0 Å². The van der Waals surface area contributed by atoms with Crippen molar-refractivity contribution in [1.29, 1.82) is 0 Å². The maximum absolute atomic E-state index is 13.3. The molecule has 2 aromatic carbocycles. The van der Waals surface area contributed by atoms with Crippen molar-refractivity contribution in [2.45, 2.75) is 31.7 Å². The normalized spacial score (nSPS) is 20.5. The van der Waals surface area contributed by atoms with Crippen LogP contribution in [0.2, 0.25) is 0 Å². The topological polar surface area (TPSA) is 118 Å². The smallest absolute Gasteiger partial charge is 0.435 e. The molecule has 0 bridgehead atoms. The van der Waals surface area contributed by atoms with Crippen LogP contribution in [0.15, 0.2) is 76.6 Å². The van der Waals surface area contributed by atoms with Crippen molar-refractivity contribution in [3.63, 3.8) is 0 Å². The minimum Gasteiger partial charge on any atom is -0.435 e. The first-order valence-electron chi connectivity index (χ1n) is 12.6. The lowest BCUT2D eigenvalue weighted by atomic mass is 9.83. The second-order valence-electron chi connectivity index (χ2n) is 9.82. The van der Waals surface area contributed by atoms with Gasteiger partial charge in [-0.15, -0.1) is 0 Å². The molecule has 4 aromatic rings. The number of hydrogen-bond acceptors (Lipinski definition) is 5. The molecule has 1 fully saturated rings. The van der Waals surface area contributed by atoms with Crippen LogP contribution in [0.1, 0.15) is 53.5 Å². The molecule has 1 saturated heterocycles. The van der Waals surface area contributed by atoms with Gasteiger partial charge < -0.3 is 5.11 Å². The van der Waals surface area contributed by atoms with E-state index in [1.165, 1.54) is 17.0 Å². The number of benzene rings is 2. The number of nitrogens with one attached hydrogen (secondary N) is 1. The number of carbonyl (C=O) groups is 1. The molecule has 3 heterocycles. The molecule has 38 heavy (non-hydrogen) atoms. The van der Waals surface area contributed by atoms with Crippen molar-refractivity contribution in [2.24, 2.45) is 0 Å². The second kappa shape index (κ2) is 9.04. The Labute approximate surface area is 218 Å². The van der Waals surface area contributed by atoms with Crippen molar-refractivity contribution in [3.8, 4) is 5.82 Å². The van der Waals surface area contributed by atoms with E-state index in [4.69, 9.17) is 0 Å². The van der Waals surface area contributed by atoms with Crippen molar-refractivity contribution < 1.29 is 9.90 Å². The second-order valence-corrected chi connectivity index (χ2v) is 9.82. The number of likely N-dealkylation sites (tertiary alicyclic amines) is 1. The maximum atomic E-state index is 13.3. The summed E-state index contributed by atoms with van der Waals surface area (Å²) in [7, 11) is 0. The SMILES string of the molecule is C[C@@H]1CCC[N+]1(C(=O)O)c1nccc(-n2cc(C3c4ccccc4C=Cc4ccccc43)c(=O)[nH]c2=O)n1. The van der Waals surface area contributed by atoms with Crippen LogP contribution < -0.4 is 15.7 Å². The number of rotatable bonds is 3. The molecule has 1 amide bonds. The average molecular weight is 509 g/mol. The third-order valence-electron chi connectivity index (χ3n) is 7.80. The Morgan fingerprint density at radius 2 is 1.66 bits per heavy atom. The summed E-state index contributed by atoms with van der Waals surface area (Å²) in [4.78, 5) is 50.1.